The van der Waals surface area contributed by atoms with E-state index < -0.39 is 17.7 Å². The maximum atomic E-state index is 13.1. The van der Waals surface area contributed by atoms with Gasteiger partial charge in [-0.1, -0.05) is 22.9 Å². The van der Waals surface area contributed by atoms with Crippen molar-refractivity contribution in [2.45, 2.75) is 26.4 Å². The number of rotatable bonds is 6. The number of nitrogens with zero attached hydrogens (tertiary/aromatic N) is 1. The molecule has 1 aromatic carbocycles. The van der Waals surface area contributed by atoms with Gasteiger partial charge in [0.25, 0.3) is 0 Å². The molecule has 118 valence electrons. The van der Waals surface area contributed by atoms with Crippen LogP contribution in [-0.2, 0) is 15.7 Å². The summed E-state index contributed by atoms with van der Waals surface area (Å²) in [7, 11) is 0. The van der Waals surface area contributed by atoms with Crippen LogP contribution in [0.4, 0.5) is 18.9 Å². The van der Waals surface area contributed by atoms with Crippen molar-refractivity contribution in [1.82, 2.24) is 0 Å². The average molecular weight is 368 g/mol. The van der Waals surface area contributed by atoms with E-state index in [1.165, 1.54) is 17.0 Å². The number of benzene rings is 1. The lowest BCUT2D eigenvalue weighted by Crippen LogP contribution is -2.33. The molecule has 0 heterocycles. The Labute approximate surface area is 130 Å². The molecule has 1 aromatic rings. The predicted octanol–water partition coefficient (Wildman–Crippen LogP) is 4.25. The van der Waals surface area contributed by atoms with Gasteiger partial charge in [0, 0.05) is 11.0 Å². The quantitative estimate of drug-likeness (QED) is 0.704. The molecule has 0 N–H and O–H groups in total. The summed E-state index contributed by atoms with van der Waals surface area (Å²) < 4.78 is 44.7. The summed E-state index contributed by atoms with van der Waals surface area (Å²) in [5.74, 6) is -0.543. The second kappa shape index (κ2) is 7.68. The summed E-state index contributed by atoms with van der Waals surface area (Å²) in [6.45, 7) is 3.81. The standard InChI is InChI=1S/C14H17BrF3NO2/c1-3-7-19(9-13(20)21-4-2)12-8-10(15)5-6-11(12)14(16,17)18/h5-6,8H,3-4,7,9H2,1-2H3. The van der Waals surface area contributed by atoms with E-state index in [2.05, 4.69) is 15.9 Å². The first-order valence-electron chi connectivity index (χ1n) is 6.56. The maximum absolute atomic E-state index is 13.1. The Bertz CT molecular complexity index is 492. The molecule has 1 rings (SSSR count). The molecule has 0 aliphatic heterocycles. The highest BCUT2D eigenvalue weighted by Gasteiger charge is 2.35. The number of carbonyl (C=O) groups is 1. The Kier molecular flexibility index (Phi) is 6.51. The van der Waals surface area contributed by atoms with Gasteiger partial charge in [0.05, 0.1) is 17.9 Å². The van der Waals surface area contributed by atoms with Crippen molar-refractivity contribution in [2.75, 3.05) is 24.6 Å². The maximum Gasteiger partial charge on any atom is 0.418 e. The highest BCUT2D eigenvalue weighted by atomic mass is 79.9. The molecule has 0 unspecified atom stereocenters. The molecule has 3 nitrogen and oxygen atoms in total. The molecule has 0 aliphatic carbocycles. The van der Waals surface area contributed by atoms with Crippen LogP contribution in [-0.4, -0.2) is 25.7 Å². The second-order valence-corrected chi connectivity index (χ2v) is 5.30. The van der Waals surface area contributed by atoms with E-state index >= 15 is 0 Å². The number of halogens is 4. The molecule has 0 radical (unpaired) electrons. The van der Waals surface area contributed by atoms with E-state index in [-0.39, 0.29) is 18.8 Å². The van der Waals surface area contributed by atoms with Crippen LogP contribution in [0.3, 0.4) is 0 Å². The lowest BCUT2D eigenvalue weighted by molar-refractivity contribution is -0.142. The molecule has 0 saturated carbocycles. The number of anilines is 1. The van der Waals surface area contributed by atoms with Gasteiger partial charge in [0.2, 0.25) is 0 Å². The Morgan fingerprint density at radius 2 is 2.00 bits per heavy atom. The fraction of sp³-hybridized carbons (Fsp3) is 0.500. The third-order valence-corrected chi connectivity index (χ3v) is 3.22. The van der Waals surface area contributed by atoms with E-state index in [1.807, 2.05) is 6.92 Å². The minimum absolute atomic E-state index is 0.0215. The van der Waals surface area contributed by atoms with Crippen molar-refractivity contribution in [3.05, 3.63) is 28.2 Å². The van der Waals surface area contributed by atoms with E-state index in [1.54, 1.807) is 6.92 Å². The number of esters is 1. The first-order valence-corrected chi connectivity index (χ1v) is 7.36. The van der Waals surface area contributed by atoms with Crippen molar-refractivity contribution in [2.24, 2.45) is 0 Å². The zero-order chi connectivity index (χ0) is 16.0. The fourth-order valence-corrected chi connectivity index (χ4v) is 2.27. The Hall–Kier alpha value is -1.24. The van der Waals surface area contributed by atoms with Gasteiger partial charge in [-0.05, 0) is 31.5 Å². The zero-order valence-electron chi connectivity index (χ0n) is 11.8. The van der Waals surface area contributed by atoms with Crippen molar-refractivity contribution in [3.8, 4) is 0 Å². The smallest absolute Gasteiger partial charge is 0.418 e. The average Bonchev–Trinajstić information content (AvgIpc) is 2.37. The Balaban J connectivity index is 3.17. The normalized spacial score (nSPS) is 11.3. The zero-order valence-corrected chi connectivity index (χ0v) is 13.4. The van der Waals surface area contributed by atoms with E-state index in [4.69, 9.17) is 4.74 Å². The summed E-state index contributed by atoms with van der Waals surface area (Å²) in [6, 6.07) is 3.71. The van der Waals surface area contributed by atoms with Crippen LogP contribution in [0.5, 0.6) is 0 Å². The van der Waals surface area contributed by atoms with Crippen LogP contribution in [0, 0.1) is 0 Å². The Morgan fingerprint density at radius 3 is 2.52 bits per heavy atom. The summed E-state index contributed by atoms with van der Waals surface area (Å²) in [6.07, 6.45) is -3.86. The second-order valence-electron chi connectivity index (χ2n) is 4.39. The minimum Gasteiger partial charge on any atom is -0.465 e. The van der Waals surface area contributed by atoms with E-state index in [0.717, 1.165) is 6.07 Å². The number of ether oxygens (including phenoxy) is 1. The molecule has 0 aliphatic rings. The number of hydrogen-bond acceptors (Lipinski definition) is 3. The van der Waals surface area contributed by atoms with E-state index in [0.29, 0.717) is 17.4 Å². The van der Waals surface area contributed by atoms with Crippen molar-refractivity contribution in [3.63, 3.8) is 0 Å². The third kappa shape index (κ3) is 5.22. The lowest BCUT2D eigenvalue weighted by atomic mass is 10.1. The molecular formula is C14H17BrF3NO2. The van der Waals surface area contributed by atoms with E-state index in [9.17, 15) is 18.0 Å². The van der Waals surface area contributed by atoms with Crippen LogP contribution < -0.4 is 4.90 Å². The largest absolute Gasteiger partial charge is 0.465 e. The molecule has 0 fully saturated rings. The molecule has 0 atom stereocenters. The van der Waals surface area contributed by atoms with Gasteiger partial charge < -0.3 is 9.64 Å². The van der Waals surface area contributed by atoms with Crippen molar-refractivity contribution < 1.29 is 22.7 Å². The predicted molar refractivity (Wildman–Crippen MR) is 78.3 cm³/mol. The first kappa shape index (κ1) is 17.8. The SMILES string of the molecule is CCCN(CC(=O)OCC)c1cc(Br)ccc1C(F)(F)F. The number of hydrogen-bond donors (Lipinski definition) is 0. The number of alkyl halides is 3. The van der Waals surface area contributed by atoms with Crippen LogP contribution in [0.25, 0.3) is 0 Å². The van der Waals surface area contributed by atoms with Crippen LogP contribution in [0.1, 0.15) is 25.8 Å². The molecule has 0 saturated heterocycles. The summed E-state index contributed by atoms with van der Waals surface area (Å²) in [5, 5.41) is 0. The van der Waals surface area contributed by atoms with Gasteiger partial charge in [0.1, 0.15) is 6.54 Å². The first-order chi connectivity index (χ1) is 9.79. The Morgan fingerprint density at radius 1 is 1.33 bits per heavy atom. The minimum atomic E-state index is -4.48. The number of carbonyl (C=O) groups excluding carboxylic acids is 1. The third-order valence-electron chi connectivity index (χ3n) is 2.72. The topological polar surface area (TPSA) is 29.5 Å². The molecular weight excluding hydrogens is 351 g/mol. The van der Waals surface area contributed by atoms with Crippen molar-refractivity contribution >= 4 is 27.6 Å². The monoisotopic (exact) mass is 367 g/mol. The van der Waals surface area contributed by atoms with Crippen LogP contribution >= 0.6 is 15.9 Å². The fourth-order valence-electron chi connectivity index (χ4n) is 1.92. The molecule has 0 bridgehead atoms. The van der Waals surface area contributed by atoms with Gasteiger partial charge in [-0.3, -0.25) is 4.79 Å². The molecule has 0 spiro atoms. The highest BCUT2D eigenvalue weighted by Crippen LogP contribution is 2.38. The summed E-state index contributed by atoms with van der Waals surface area (Å²) in [5.41, 5.74) is -0.782. The molecule has 0 amide bonds. The van der Waals surface area contributed by atoms with Gasteiger partial charge in [-0.25, -0.2) is 0 Å². The van der Waals surface area contributed by atoms with Gasteiger partial charge in [-0.2, -0.15) is 13.2 Å². The molecule has 21 heavy (non-hydrogen) atoms. The van der Waals surface area contributed by atoms with Crippen molar-refractivity contribution in [1.29, 1.82) is 0 Å². The molecule has 7 heteroatoms. The van der Waals surface area contributed by atoms with Crippen LogP contribution in [0.15, 0.2) is 22.7 Å². The van der Waals surface area contributed by atoms with Gasteiger partial charge in [0.15, 0.2) is 0 Å². The lowest BCUT2D eigenvalue weighted by Gasteiger charge is -2.26. The van der Waals surface area contributed by atoms with Gasteiger partial charge in [-0.15, -0.1) is 0 Å². The molecule has 0 aromatic heterocycles. The highest BCUT2D eigenvalue weighted by molar-refractivity contribution is 9.10. The summed E-state index contributed by atoms with van der Waals surface area (Å²) in [4.78, 5) is 13.0. The van der Waals surface area contributed by atoms with Gasteiger partial charge >= 0.3 is 12.1 Å². The van der Waals surface area contributed by atoms with Crippen LogP contribution in [0.2, 0.25) is 0 Å². The summed E-state index contributed by atoms with van der Waals surface area (Å²) >= 11 is 3.17.